The maximum atomic E-state index is 5.97. The van der Waals surface area contributed by atoms with Crippen molar-refractivity contribution in [3.05, 3.63) is 23.8 Å². The molecule has 0 radical (unpaired) electrons. The lowest BCUT2D eigenvalue weighted by Crippen LogP contribution is -2.44. The van der Waals surface area contributed by atoms with Crippen molar-refractivity contribution in [2.45, 2.75) is 38.6 Å². The number of ether oxygens (including phenoxy) is 2. The largest absolute Gasteiger partial charge is 0.496 e. The summed E-state index contributed by atoms with van der Waals surface area (Å²) in [7, 11) is 1.73. The van der Waals surface area contributed by atoms with Gasteiger partial charge in [0, 0.05) is 11.6 Å². The normalized spacial score (nSPS) is 17.4. The summed E-state index contributed by atoms with van der Waals surface area (Å²) in [6, 6.07) is 6.48. The molecule has 1 heterocycles. The van der Waals surface area contributed by atoms with Crippen molar-refractivity contribution in [3.8, 4) is 11.5 Å². The number of nitrogens with zero attached hydrogens (tertiary/aromatic N) is 1. The molecule has 1 atom stereocenters. The maximum absolute atomic E-state index is 5.97. The summed E-state index contributed by atoms with van der Waals surface area (Å²) >= 11 is 0. The van der Waals surface area contributed by atoms with Crippen molar-refractivity contribution in [1.82, 2.24) is 4.90 Å². The van der Waals surface area contributed by atoms with Crippen LogP contribution in [0.3, 0.4) is 0 Å². The molecule has 0 spiro atoms. The molecule has 4 nitrogen and oxygen atoms in total. The fourth-order valence-electron chi connectivity index (χ4n) is 3.01. The molecule has 0 unspecified atom stereocenters. The predicted octanol–water partition coefficient (Wildman–Crippen LogP) is 2.45. The number of hydrogen-bond acceptors (Lipinski definition) is 4. The van der Waals surface area contributed by atoms with E-state index in [1.54, 1.807) is 7.11 Å². The zero-order valence-electron chi connectivity index (χ0n) is 13.3. The SMILES string of the molecule is CCCN(CCCCN)[C@@H]1COc2cccc(OC)c2C1. The minimum Gasteiger partial charge on any atom is -0.496 e. The highest BCUT2D eigenvalue weighted by atomic mass is 16.5. The molecule has 0 saturated carbocycles. The highest BCUT2D eigenvalue weighted by Gasteiger charge is 2.26. The van der Waals surface area contributed by atoms with Crippen LogP contribution in [0.5, 0.6) is 11.5 Å². The Bertz CT molecular complexity index is 423. The van der Waals surface area contributed by atoms with Crippen molar-refractivity contribution in [2.75, 3.05) is 33.4 Å². The van der Waals surface area contributed by atoms with Gasteiger partial charge in [-0.3, -0.25) is 4.90 Å². The van der Waals surface area contributed by atoms with Gasteiger partial charge in [0.15, 0.2) is 0 Å². The second-order valence-electron chi connectivity index (χ2n) is 5.64. The summed E-state index contributed by atoms with van der Waals surface area (Å²) in [5.41, 5.74) is 6.81. The van der Waals surface area contributed by atoms with Gasteiger partial charge >= 0.3 is 0 Å². The molecule has 0 aliphatic carbocycles. The van der Waals surface area contributed by atoms with Crippen molar-refractivity contribution in [2.24, 2.45) is 5.73 Å². The molecular formula is C17H28N2O2. The zero-order valence-corrected chi connectivity index (χ0v) is 13.3. The summed E-state index contributed by atoms with van der Waals surface area (Å²) in [6.45, 7) is 5.99. The first-order valence-corrected chi connectivity index (χ1v) is 8.03. The molecule has 0 bridgehead atoms. The molecule has 4 heteroatoms. The van der Waals surface area contributed by atoms with Crippen LogP contribution in [-0.4, -0.2) is 44.3 Å². The average molecular weight is 292 g/mol. The molecule has 1 aliphatic heterocycles. The average Bonchev–Trinajstić information content (AvgIpc) is 2.53. The van der Waals surface area contributed by atoms with Gasteiger partial charge < -0.3 is 15.2 Å². The highest BCUT2D eigenvalue weighted by molar-refractivity contribution is 5.46. The van der Waals surface area contributed by atoms with Crippen LogP contribution in [0.2, 0.25) is 0 Å². The Morgan fingerprint density at radius 3 is 2.90 bits per heavy atom. The summed E-state index contributed by atoms with van der Waals surface area (Å²) in [5.74, 6) is 1.92. The Morgan fingerprint density at radius 2 is 2.19 bits per heavy atom. The maximum Gasteiger partial charge on any atom is 0.126 e. The van der Waals surface area contributed by atoms with Crippen molar-refractivity contribution in [1.29, 1.82) is 0 Å². The third kappa shape index (κ3) is 4.11. The Balaban J connectivity index is 2.06. The minimum atomic E-state index is 0.437. The first-order valence-electron chi connectivity index (χ1n) is 8.03. The van der Waals surface area contributed by atoms with E-state index in [0.717, 1.165) is 63.4 Å². The van der Waals surface area contributed by atoms with E-state index in [0.29, 0.717) is 6.04 Å². The number of fused-ring (bicyclic) bond motifs is 1. The zero-order chi connectivity index (χ0) is 15.1. The monoisotopic (exact) mass is 292 g/mol. The van der Waals surface area contributed by atoms with Gasteiger partial charge in [0.25, 0.3) is 0 Å². The number of benzene rings is 1. The summed E-state index contributed by atoms with van der Waals surface area (Å²) in [5, 5.41) is 0. The van der Waals surface area contributed by atoms with Crippen molar-refractivity contribution in [3.63, 3.8) is 0 Å². The fraction of sp³-hybridized carbons (Fsp3) is 0.647. The minimum absolute atomic E-state index is 0.437. The highest BCUT2D eigenvalue weighted by Crippen LogP contribution is 2.33. The molecule has 0 saturated heterocycles. The molecule has 2 rings (SSSR count). The lowest BCUT2D eigenvalue weighted by atomic mass is 10.00. The number of unbranched alkanes of at least 4 members (excludes halogenated alkanes) is 1. The topological polar surface area (TPSA) is 47.7 Å². The predicted molar refractivity (Wildman–Crippen MR) is 86.1 cm³/mol. The molecule has 1 aromatic rings. The molecule has 118 valence electrons. The number of rotatable bonds is 8. The molecular weight excluding hydrogens is 264 g/mol. The smallest absolute Gasteiger partial charge is 0.126 e. The molecule has 21 heavy (non-hydrogen) atoms. The van der Waals surface area contributed by atoms with Gasteiger partial charge in [0.05, 0.1) is 7.11 Å². The summed E-state index contributed by atoms with van der Waals surface area (Å²) < 4.78 is 11.4. The van der Waals surface area contributed by atoms with Gasteiger partial charge in [-0.15, -0.1) is 0 Å². The van der Waals surface area contributed by atoms with E-state index in [-0.39, 0.29) is 0 Å². The molecule has 0 aromatic heterocycles. The third-order valence-electron chi connectivity index (χ3n) is 4.11. The first-order chi connectivity index (χ1) is 10.3. The van der Waals surface area contributed by atoms with Crippen molar-refractivity contribution >= 4 is 0 Å². The van der Waals surface area contributed by atoms with Crippen LogP contribution in [0.25, 0.3) is 0 Å². The van der Waals surface area contributed by atoms with Crippen LogP contribution in [0, 0.1) is 0 Å². The Morgan fingerprint density at radius 1 is 1.33 bits per heavy atom. The van der Waals surface area contributed by atoms with Crippen LogP contribution in [-0.2, 0) is 6.42 Å². The van der Waals surface area contributed by atoms with E-state index in [4.69, 9.17) is 15.2 Å². The number of methoxy groups -OCH3 is 1. The van der Waals surface area contributed by atoms with Gasteiger partial charge in [0.2, 0.25) is 0 Å². The second-order valence-corrected chi connectivity index (χ2v) is 5.64. The molecule has 1 aliphatic rings. The van der Waals surface area contributed by atoms with E-state index in [1.807, 2.05) is 18.2 Å². The van der Waals surface area contributed by atoms with Crippen LogP contribution in [0.15, 0.2) is 18.2 Å². The second kappa shape index (κ2) is 8.25. The molecule has 2 N–H and O–H groups in total. The van der Waals surface area contributed by atoms with Gasteiger partial charge in [0.1, 0.15) is 18.1 Å². The number of nitrogens with two attached hydrogens (primary N) is 1. The van der Waals surface area contributed by atoms with Gasteiger partial charge in [-0.25, -0.2) is 0 Å². The Labute approximate surface area is 128 Å². The summed E-state index contributed by atoms with van der Waals surface area (Å²) in [6.07, 6.45) is 4.42. The van der Waals surface area contributed by atoms with E-state index in [1.165, 1.54) is 5.56 Å². The van der Waals surface area contributed by atoms with Crippen LogP contribution in [0.4, 0.5) is 0 Å². The van der Waals surface area contributed by atoms with Crippen LogP contribution >= 0.6 is 0 Å². The summed E-state index contributed by atoms with van der Waals surface area (Å²) in [4.78, 5) is 2.55. The van der Waals surface area contributed by atoms with Gasteiger partial charge in [-0.1, -0.05) is 13.0 Å². The Kier molecular flexibility index (Phi) is 6.33. The van der Waals surface area contributed by atoms with Crippen molar-refractivity contribution < 1.29 is 9.47 Å². The van der Waals surface area contributed by atoms with E-state index < -0.39 is 0 Å². The molecule has 0 amide bonds. The Hall–Kier alpha value is -1.26. The van der Waals surface area contributed by atoms with Crippen LogP contribution < -0.4 is 15.2 Å². The fourth-order valence-corrected chi connectivity index (χ4v) is 3.01. The van der Waals surface area contributed by atoms with Crippen LogP contribution in [0.1, 0.15) is 31.7 Å². The lowest BCUT2D eigenvalue weighted by molar-refractivity contribution is 0.116. The van der Waals surface area contributed by atoms with Gasteiger partial charge in [-0.05, 0) is 57.5 Å². The third-order valence-corrected chi connectivity index (χ3v) is 4.11. The lowest BCUT2D eigenvalue weighted by Gasteiger charge is -2.35. The quantitative estimate of drug-likeness (QED) is 0.748. The molecule has 1 aromatic carbocycles. The van der Waals surface area contributed by atoms with E-state index in [9.17, 15) is 0 Å². The van der Waals surface area contributed by atoms with E-state index in [2.05, 4.69) is 11.8 Å². The number of hydrogen-bond donors (Lipinski definition) is 1. The van der Waals surface area contributed by atoms with Gasteiger partial charge in [-0.2, -0.15) is 0 Å². The first kappa shape index (κ1) is 16.1. The van der Waals surface area contributed by atoms with E-state index >= 15 is 0 Å². The molecule has 0 fully saturated rings. The standard InChI is InChI=1S/C17H28N2O2/c1-3-10-19(11-5-4-9-18)14-12-15-16(20-2)7-6-8-17(15)21-13-14/h6-8,14H,3-5,9-13,18H2,1-2H3/t14-/m0/s1.